The minimum absolute atomic E-state index is 0.00511. The molecule has 0 fully saturated rings. The lowest BCUT2D eigenvalue weighted by atomic mass is 10.0. The van der Waals surface area contributed by atoms with Crippen LogP contribution >= 0.6 is 11.6 Å². The Kier molecular flexibility index (Phi) is 3.80. The van der Waals surface area contributed by atoms with E-state index in [9.17, 15) is 4.79 Å². The van der Waals surface area contributed by atoms with Crippen LogP contribution in [0.3, 0.4) is 0 Å². The summed E-state index contributed by atoms with van der Waals surface area (Å²) in [6.07, 6.45) is 1.15. The number of fused-ring (bicyclic) bond motifs is 1. The number of hydrogen-bond donors (Lipinski definition) is 0. The van der Waals surface area contributed by atoms with Crippen molar-refractivity contribution in [2.24, 2.45) is 0 Å². The molecule has 0 amide bonds. The zero-order chi connectivity index (χ0) is 14.8. The van der Waals surface area contributed by atoms with Crippen LogP contribution in [0.15, 0.2) is 52.9 Å². The molecule has 0 atom stereocenters. The van der Waals surface area contributed by atoms with E-state index in [1.54, 1.807) is 12.1 Å². The van der Waals surface area contributed by atoms with Gasteiger partial charge in [0.05, 0.1) is 5.02 Å². The van der Waals surface area contributed by atoms with Gasteiger partial charge in [0.25, 0.3) is 0 Å². The van der Waals surface area contributed by atoms with Gasteiger partial charge in [-0.15, -0.1) is 0 Å². The molecule has 0 unspecified atom stereocenters. The van der Waals surface area contributed by atoms with E-state index >= 15 is 0 Å². The SMILES string of the molecule is Cc1ccccc1CCC(=O)c1cc2cccc(Cl)c2o1. The first kappa shape index (κ1) is 13.9. The first-order valence-corrected chi connectivity index (χ1v) is 7.29. The van der Waals surface area contributed by atoms with Gasteiger partial charge < -0.3 is 4.42 Å². The van der Waals surface area contributed by atoms with Gasteiger partial charge in [0.15, 0.2) is 17.1 Å². The number of para-hydroxylation sites is 1. The Labute approximate surface area is 128 Å². The summed E-state index contributed by atoms with van der Waals surface area (Å²) in [5.74, 6) is 0.386. The first-order valence-electron chi connectivity index (χ1n) is 6.91. The maximum absolute atomic E-state index is 12.3. The molecule has 0 aliphatic rings. The zero-order valence-corrected chi connectivity index (χ0v) is 12.5. The summed E-state index contributed by atoms with van der Waals surface area (Å²) in [6.45, 7) is 2.06. The highest BCUT2D eigenvalue weighted by molar-refractivity contribution is 6.34. The Morgan fingerprint density at radius 2 is 1.95 bits per heavy atom. The average molecular weight is 299 g/mol. The Morgan fingerprint density at radius 1 is 1.14 bits per heavy atom. The molecular formula is C18H15ClO2. The second kappa shape index (κ2) is 5.74. The molecule has 1 heterocycles. The van der Waals surface area contributed by atoms with E-state index in [4.69, 9.17) is 16.0 Å². The number of halogens is 1. The summed E-state index contributed by atoms with van der Waals surface area (Å²) in [6, 6.07) is 15.4. The van der Waals surface area contributed by atoms with Crippen molar-refractivity contribution in [1.29, 1.82) is 0 Å². The smallest absolute Gasteiger partial charge is 0.198 e. The third-order valence-electron chi connectivity index (χ3n) is 3.65. The van der Waals surface area contributed by atoms with Crippen molar-refractivity contribution >= 4 is 28.4 Å². The quantitative estimate of drug-likeness (QED) is 0.619. The van der Waals surface area contributed by atoms with Crippen molar-refractivity contribution < 1.29 is 9.21 Å². The Bertz CT molecular complexity index is 802. The fourth-order valence-corrected chi connectivity index (χ4v) is 2.65. The van der Waals surface area contributed by atoms with E-state index in [2.05, 4.69) is 19.1 Å². The molecule has 0 aliphatic carbocycles. The number of furan rings is 1. The van der Waals surface area contributed by atoms with Crippen LogP contribution in [0.1, 0.15) is 28.1 Å². The predicted molar refractivity (Wildman–Crippen MR) is 85.1 cm³/mol. The summed E-state index contributed by atoms with van der Waals surface area (Å²) in [5.41, 5.74) is 2.98. The minimum atomic E-state index is 0.00511. The third kappa shape index (κ3) is 2.86. The molecule has 3 aromatic rings. The largest absolute Gasteiger partial charge is 0.451 e. The van der Waals surface area contributed by atoms with Gasteiger partial charge in [0.1, 0.15) is 0 Å². The van der Waals surface area contributed by atoms with E-state index in [0.717, 1.165) is 11.8 Å². The number of carbonyl (C=O) groups excluding carboxylic acids is 1. The van der Waals surface area contributed by atoms with Crippen LogP contribution < -0.4 is 0 Å². The zero-order valence-electron chi connectivity index (χ0n) is 11.7. The molecule has 0 saturated heterocycles. The van der Waals surface area contributed by atoms with Crippen molar-refractivity contribution in [3.63, 3.8) is 0 Å². The lowest BCUT2D eigenvalue weighted by Gasteiger charge is -2.03. The second-order valence-electron chi connectivity index (χ2n) is 5.12. The minimum Gasteiger partial charge on any atom is -0.451 e. The molecule has 0 aliphatic heterocycles. The molecule has 21 heavy (non-hydrogen) atoms. The molecule has 2 nitrogen and oxygen atoms in total. The Hall–Kier alpha value is -2.06. The van der Waals surface area contributed by atoms with Gasteiger partial charge >= 0.3 is 0 Å². The lowest BCUT2D eigenvalue weighted by Crippen LogP contribution is -2.00. The van der Waals surface area contributed by atoms with Gasteiger partial charge in [-0.2, -0.15) is 0 Å². The van der Waals surface area contributed by atoms with Gasteiger partial charge in [-0.3, -0.25) is 4.79 Å². The predicted octanol–water partition coefficient (Wildman–Crippen LogP) is 5.21. The molecule has 2 aromatic carbocycles. The van der Waals surface area contributed by atoms with Crippen LogP contribution in [0.2, 0.25) is 5.02 Å². The standard InChI is InChI=1S/C18H15ClO2/c1-12-5-2-3-6-13(12)9-10-16(20)17-11-14-7-4-8-15(19)18(14)21-17/h2-8,11H,9-10H2,1H3. The number of benzene rings is 2. The number of ketones is 1. The number of Topliss-reactive ketones (excluding diaryl/α,β-unsaturated/α-hetero) is 1. The fourth-order valence-electron chi connectivity index (χ4n) is 2.43. The summed E-state index contributed by atoms with van der Waals surface area (Å²) < 4.78 is 5.60. The van der Waals surface area contributed by atoms with Crippen LogP contribution in [0, 0.1) is 6.92 Å². The van der Waals surface area contributed by atoms with Gasteiger partial charge in [-0.05, 0) is 36.6 Å². The van der Waals surface area contributed by atoms with E-state index in [1.165, 1.54) is 11.1 Å². The summed E-state index contributed by atoms with van der Waals surface area (Å²) in [7, 11) is 0. The van der Waals surface area contributed by atoms with Crippen LogP contribution in [-0.2, 0) is 6.42 Å². The van der Waals surface area contributed by atoms with Gasteiger partial charge in [0.2, 0.25) is 0 Å². The summed E-state index contributed by atoms with van der Waals surface area (Å²) in [5, 5.41) is 1.40. The highest BCUT2D eigenvalue weighted by Crippen LogP contribution is 2.27. The molecule has 3 heteroatoms. The first-order chi connectivity index (χ1) is 10.1. The van der Waals surface area contributed by atoms with Crippen molar-refractivity contribution in [2.45, 2.75) is 19.8 Å². The van der Waals surface area contributed by atoms with Gasteiger partial charge in [-0.1, -0.05) is 48.0 Å². The average Bonchev–Trinajstić information content (AvgIpc) is 2.92. The number of rotatable bonds is 4. The highest BCUT2D eigenvalue weighted by Gasteiger charge is 2.14. The third-order valence-corrected chi connectivity index (χ3v) is 3.95. The van der Waals surface area contributed by atoms with E-state index in [-0.39, 0.29) is 5.78 Å². The lowest BCUT2D eigenvalue weighted by molar-refractivity contribution is 0.0958. The van der Waals surface area contributed by atoms with Crippen LogP contribution in [-0.4, -0.2) is 5.78 Å². The molecule has 1 aromatic heterocycles. The number of carbonyl (C=O) groups is 1. The fraction of sp³-hybridized carbons (Fsp3) is 0.167. The number of hydrogen-bond acceptors (Lipinski definition) is 2. The van der Waals surface area contributed by atoms with E-state index in [0.29, 0.717) is 22.8 Å². The van der Waals surface area contributed by atoms with Gasteiger partial charge in [0, 0.05) is 11.8 Å². The molecule has 0 saturated carbocycles. The van der Waals surface area contributed by atoms with Crippen LogP contribution in [0.5, 0.6) is 0 Å². The number of aryl methyl sites for hydroxylation is 2. The van der Waals surface area contributed by atoms with Crippen LogP contribution in [0.4, 0.5) is 0 Å². The second-order valence-corrected chi connectivity index (χ2v) is 5.53. The van der Waals surface area contributed by atoms with Crippen LogP contribution in [0.25, 0.3) is 11.0 Å². The van der Waals surface area contributed by atoms with Crippen molar-refractivity contribution in [3.05, 3.63) is 70.4 Å². The Balaban J connectivity index is 1.78. The Morgan fingerprint density at radius 3 is 2.71 bits per heavy atom. The summed E-state index contributed by atoms with van der Waals surface area (Å²) >= 11 is 6.06. The van der Waals surface area contributed by atoms with Crippen molar-refractivity contribution in [1.82, 2.24) is 0 Å². The van der Waals surface area contributed by atoms with Crippen molar-refractivity contribution in [2.75, 3.05) is 0 Å². The normalized spacial score (nSPS) is 11.0. The van der Waals surface area contributed by atoms with Gasteiger partial charge in [-0.25, -0.2) is 0 Å². The van der Waals surface area contributed by atoms with Crippen molar-refractivity contribution in [3.8, 4) is 0 Å². The van der Waals surface area contributed by atoms with E-state index < -0.39 is 0 Å². The molecule has 0 radical (unpaired) electrons. The maximum atomic E-state index is 12.3. The highest BCUT2D eigenvalue weighted by atomic mass is 35.5. The topological polar surface area (TPSA) is 30.2 Å². The molecule has 106 valence electrons. The summed E-state index contributed by atoms with van der Waals surface area (Å²) in [4.78, 5) is 12.3. The molecule has 3 rings (SSSR count). The maximum Gasteiger partial charge on any atom is 0.198 e. The molecule has 0 N–H and O–H groups in total. The molecular weight excluding hydrogens is 284 g/mol. The monoisotopic (exact) mass is 298 g/mol. The molecule has 0 spiro atoms. The van der Waals surface area contributed by atoms with E-state index in [1.807, 2.05) is 24.3 Å². The molecule has 0 bridgehead atoms.